The largest absolute Gasteiger partial charge is 0.456 e. The van der Waals surface area contributed by atoms with E-state index in [2.05, 4.69) is 0 Å². The van der Waals surface area contributed by atoms with Crippen LogP contribution < -0.4 is 4.74 Å². The Morgan fingerprint density at radius 2 is 1.05 bits per heavy atom. The van der Waals surface area contributed by atoms with Crippen molar-refractivity contribution in [3.8, 4) is 33.8 Å². The summed E-state index contributed by atoms with van der Waals surface area (Å²) in [5, 5.41) is 24.9. The average Bonchev–Trinajstić information content (AvgIpc) is 2.95. The highest BCUT2D eigenvalue weighted by atomic mass is 35.5. The number of alkyl halides is 2. The van der Waals surface area contributed by atoms with Gasteiger partial charge in [-0.1, -0.05) is 58.5 Å². The first-order valence-electron chi connectivity index (χ1n) is 12.2. The molecule has 7 nitrogen and oxygen atoms in total. The summed E-state index contributed by atoms with van der Waals surface area (Å²) in [4.78, 5) is 23.0. The lowest BCUT2D eigenvalue weighted by Crippen LogP contribution is -2.01. The van der Waals surface area contributed by atoms with E-state index in [4.69, 9.17) is 51.1 Å². The van der Waals surface area contributed by atoms with E-state index >= 15 is 0 Å². The van der Waals surface area contributed by atoms with Crippen LogP contribution in [0, 0.1) is 20.2 Å². The Kier molecular flexibility index (Phi) is 11.4. The Bertz CT molecular complexity index is 1590. The van der Waals surface area contributed by atoms with Gasteiger partial charge in [-0.25, -0.2) is 0 Å². The lowest BCUT2D eigenvalue weighted by Gasteiger charge is -2.20. The molecule has 4 aromatic carbocycles. The molecule has 0 radical (unpaired) electrons. The molecular formula is C28H18Cl4F2N2O5S2. The number of nitrogens with zero attached hydrogens (tertiary/aromatic N) is 2. The van der Waals surface area contributed by atoms with Crippen molar-refractivity contribution in [1.82, 2.24) is 0 Å². The van der Waals surface area contributed by atoms with Crippen LogP contribution >= 0.6 is 69.9 Å². The van der Waals surface area contributed by atoms with E-state index in [-0.39, 0.29) is 65.3 Å². The molecule has 0 aromatic heterocycles. The normalized spacial score (nSPS) is 11.0. The molecule has 0 saturated carbocycles. The molecule has 224 valence electrons. The zero-order chi connectivity index (χ0) is 31.3. The highest BCUT2D eigenvalue weighted by molar-refractivity contribution is 7.99. The molecule has 4 rings (SSSR count). The summed E-state index contributed by atoms with van der Waals surface area (Å²) in [7, 11) is 0. The maximum Gasteiger partial charge on any atom is 0.283 e. The van der Waals surface area contributed by atoms with Gasteiger partial charge in [0.2, 0.25) is 0 Å². The second-order valence-corrected chi connectivity index (χ2v) is 12.4. The van der Waals surface area contributed by atoms with Crippen molar-refractivity contribution in [2.75, 3.05) is 24.9 Å². The van der Waals surface area contributed by atoms with Gasteiger partial charge in [0.15, 0.2) is 0 Å². The minimum atomic E-state index is -0.766. The molecule has 0 saturated heterocycles. The Labute approximate surface area is 272 Å². The number of ether oxygens (including phenoxy) is 1. The molecule has 0 N–H and O–H groups in total. The van der Waals surface area contributed by atoms with E-state index in [1.54, 1.807) is 12.1 Å². The highest BCUT2D eigenvalue weighted by Crippen LogP contribution is 2.51. The van der Waals surface area contributed by atoms with Gasteiger partial charge in [0.1, 0.15) is 11.5 Å². The van der Waals surface area contributed by atoms with E-state index in [1.807, 2.05) is 0 Å². The Hall–Kier alpha value is -2.80. The molecule has 0 atom stereocenters. The summed E-state index contributed by atoms with van der Waals surface area (Å²) in [5.41, 5.74) is 0.362. The predicted molar refractivity (Wildman–Crippen MR) is 171 cm³/mol. The smallest absolute Gasteiger partial charge is 0.283 e. The molecule has 15 heteroatoms. The van der Waals surface area contributed by atoms with Gasteiger partial charge in [0.25, 0.3) is 11.4 Å². The monoisotopic (exact) mass is 704 g/mol. The minimum Gasteiger partial charge on any atom is -0.456 e. The average molecular weight is 706 g/mol. The summed E-state index contributed by atoms with van der Waals surface area (Å²) in [6.45, 7) is -1.53. The van der Waals surface area contributed by atoms with E-state index in [1.165, 1.54) is 48.5 Å². The lowest BCUT2D eigenvalue weighted by atomic mass is 10.0. The summed E-state index contributed by atoms with van der Waals surface area (Å²) < 4.78 is 33.0. The number of thioether (sulfide) groups is 2. The van der Waals surface area contributed by atoms with Gasteiger partial charge in [-0.05, 0) is 36.4 Å². The fourth-order valence-electron chi connectivity index (χ4n) is 4.15. The molecule has 0 aliphatic carbocycles. The first-order valence-corrected chi connectivity index (χ1v) is 15.6. The van der Waals surface area contributed by atoms with Crippen LogP contribution in [0.3, 0.4) is 0 Å². The first kappa shape index (κ1) is 33.1. The van der Waals surface area contributed by atoms with E-state index < -0.39 is 23.2 Å². The molecule has 43 heavy (non-hydrogen) atoms. The molecule has 0 aliphatic rings. The van der Waals surface area contributed by atoms with Gasteiger partial charge >= 0.3 is 0 Å². The van der Waals surface area contributed by atoms with Crippen LogP contribution in [-0.4, -0.2) is 34.7 Å². The maximum atomic E-state index is 13.3. The zero-order valence-corrected chi connectivity index (χ0v) is 26.3. The highest BCUT2D eigenvalue weighted by Gasteiger charge is 2.29. The quantitative estimate of drug-likeness (QED) is 0.0822. The van der Waals surface area contributed by atoms with Gasteiger partial charge in [-0.3, -0.25) is 29.0 Å². The molecule has 0 bridgehead atoms. The third-order valence-electron chi connectivity index (χ3n) is 5.86. The van der Waals surface area contributed by atoms with Crippen molar-refractivity contribution in [3.05, 3.63) is 101 Å². The molecule has 0 heterocycles. The molecule has 0 aliphatic heterocycles. The molecule has 0 amide bonds. The summed E-state index contributed by atoms with van der Waals surface area (Å²) in [6, 6.07) is 14.2. The van der Waals surface area contributed by atoms with Gasteiger partial charge in [-0.15, -0.1) is 23.5 Å². The second kappa shape index (κ2) is 14.8. The number of halogens is 6. The third kappa shape index (κ3) is 7.47. The van der Waals surface area contributed by atoms with Crippen LogP contribution in [0.2, 0.25) is 20.1 Å². The van der Waals surface area contributed by atoms with Crippen molar-refractivity contribution >= 4 is 81.3 Å². The summed E-state index contributed by atoms with van der Waals surface area (Å²) in [5.74, 6) is -0.0682. The van der Waals surface area contributed by atoms with Gasteiger partial charge in [0.05, 0.1) is 43.0 Å². The van der Waals surface area contributed by atoms with Gasteiger partial charge in [-0.2, -0.15) is 0 Å². The minimum absolute atomic E-state index is 0.0674. The molecule has 0 unspecified atom stereocenters. The second-order valence-electron chi connectivity index (χ2n) is 8.51. The number of nitro groups is 2. The number of benzene rings is 4. The molecule has 0 spiro atoms. The Morgan fingerprint density at radius 3 is 1.37 bits per heavy atom. The van der Waals surface area contributed by atoms with Crippen LogP contribution in [0.15, 0.2) is 70.5 Å². The van der Waals surface area contributed by atoms with Crippen molar-refractivity contribution in [2.45, 2.75) is 9.79 Å². The maximum absolute atomic E-state index is 13.3. The van der Waals surface area contributed by atoms with Crippen molar-refractivity contribution in [2.24, 2.45) is 0 Å². The standard InChI is InChI=1S/C28H18Cl4F2N2O5S2/c29-15-1-3-17(19(31)13-15)25-23(7-5-21(35(37)38)27(25)42-11-9-33)41-24-8-6-22(36(39)40)28(43-12-10-34)26(24)18-4-2-16(30)14-20(18)32/h1-8,13-14H,9-12H2. The van der Waals surface area contributed by atoms with E-state index in [9.17, 15) is 29.0 Å². The van der Waals surface area contributed by atoms with Crippen LogP contribution in [0.5, 0.6) is 11.5 Å². The molecular weight excluding hydrogens is 688 g/mol. The number of hydrogen-bond donors (Lipinski definition) is 0. The lowest BCUT2D eigenvalue weighted by molar-refractivity contribution is -0.387. The number of hydrogen-bond acceptors (Lipinski definition) is 7. The first-order chi connectivity index (χ1) is 20.6. The SMILES string of the molecule is O=[N+]([O-])c1ccc(Oc2ccc([N+](=O)[O-])c(SCCF)c2-c2ccc(Cl)cc2Cl)c(-c2ccc(Cl)cc2Cl)c1SCCF. The van der Waals surface area contributed by atoms with Crippen LogP contribution in [0.4, 0.5) is 20.2 Å². The Balaban J connectivity index is 2.06. The van der Waals surface area contributed by atoms with Crippen molar-refractivity contribution < 1.29 is 23.4 Å². The molecule has 4 aromatic rings. The van der Waals surface area contributed by atoms with Crippen LogP contribution in [0.1, 0.15) is 0 Å². The fraction of sp³-hybridized carbons (Fsp3) is 0.143. The summed E-state index contributed by atoms with van der Waals surface area (Å²) in [6.07, 6.45) is 0. The van der Waals surface area contributed by atoms with E-state index in [0.717, 1.165) is 23.5 Å². The van der Waals surface area contributed by atoms with Crippen molar-refractivity contribution in [1.29, 1.82) is 0 Å². The third-order valence-corrected chi connectivity index (χ3v) is 9.08. The van der Waals surface area contributed by atoms with Gasteiger partial charge in [0, 0.05) is 55.9 Å². The van der Waals surface area contributed by atoms with Crippen molar-refractivity contribution in [3.63, 3.8) is 0 Å². The fourth-order valence-corrected chi connectivity index (χ4v) is 7.01. The predicted octanol–water partition coefficient (Wildman–Crippen LogP) is 11.4. The van der Waals surface area contributed by atoms with Gasteiger partial charge < -0.3 is 4.74 Å². The molecule has 0 fully saturated rings. The number of rotatable bonds is 12. The van der Waals surface area contributed by atoms with Crippen LogP contribution in [-0.2, 0) is 0 Å². The van der Waals surface area contributed by atoms with E-state index in [0.29, 0.717) is 21.2 Å². The number of nitro benzene ring substituents is 2. The summed E-state index contributed by atoms with van der Waals surface area (Å²) >= 11 is 27.1. The van der Waals surface area contributed by atoms with Crippen LogP contribution in [0.25, 0.3) is 22.3 Å². The Morgan fingerprint density at radius 1 is 0.651 bits per heavy atom. The topological polar surface area (TPSA) is 95.5 Å². The zero-order valence-electron chi connectivity index (χ0n) is 21.6.